The molecule has 1 aromatic rings. The molecule has 5 heteroatoms. The van der Waals surface area contributed by atoms with Gasteiger partial charge in [-0.3, -0.25) is 0 Å². The molecule has 2 N–H and O–H groups in total. The third kappa shape index (κ3) is 4.84. The van der Waals surface area contributed by atoms with Crippen molar-refractivity contribution in [1.82, 2.24) is 4.90 Å². The normalized spacial score (nSPS) is 12.9. The summed E-state index contributed by atoms with van der Waals surface area (Å²) in [4.78, 5) is 2.00. The van der Waals surface area contributed by atoms with Gasteiger partial charge in [0.15, 0.2) is 9.84 Å². The van der Waals surface area contributed by atoms with Gasteiger partial charge in [0.05, 0.1) is 10.5 Å². The number of hydrogen-bond donors (Lipinski definition) is 1. The first-order chi connectivity index (χ1) is 8.62. The van der Waals surface area contributed by atoms with Gasteiger partial charge in [-0.2, -0.15) is 0 Å². The monoisotopic (exact) mass is 284 g/mol. The van der Waals surface area contributed by atoms with Gasteiger partial charge >= 0.3 is 0 Å². The van der Waals surface area contributed by atoms with E-state index >= 15 is 0 Å². The number of anilines is 1. The molecule has 4 nitrogen and oxygen atoms in total. The van der Waals surface area contributed by atoms with E-state index in [2.05, 4.69) is 0 Å². The van der Waals surface area contributed by atoms with Crippen LogP contribution in [0.2, 0.25) is 0 Å². The lowest BCUT2D eigenvalue weighted by Crippen LogP contribution is -2.35. The summed E-state index contributed by atoms with van der Waals surface area (Å²) in [5, 5.41) is 0. The molecule has 1 aromatic carbocycles. The second-order valence-corrected chi connectivity index (χ2v) is 8.78. The maximum absolute atomic E-state index is 12.0. The quantitative estimate of drug-likeness (QED) is 0.839. The van der Waals surface area contributed by atoms with Gasteiger partial charge in [-0.05, 0) is 45.5 Å². The summed E-state index contributed by atoms with van der Waals surface area (Å²) in [6, 6.07) is 7.65. The summed E-state index contributed by atoms with van der Waals surface area (Å²) in [5.41, 5.74) is 7.54. The summed E-state index contributed by atoms with van der Waals surface area (Å²) >= 11 is 0. The maximum atomic E-state index is 12.0. The SMILES string of the molecule is CN(CCS(=O)(=O)C(C)(C)C)Cc1cccc(N)c1. The number of nitrogens with zero attached hydrogens (tertiary/aromatic N) is 1. The third-order valence-corrected chi connectivity index (χ3v) is 5.66. The van der Waals surface area contributed by atoms with E-state index in [1.54, 1.807) is 20.8 Å². The first-order valence-electron chi connectivity index (χ1n) is 6.37. The maximum Gasteiger partial charge on any atom is 0.156 e. The van der Waals surface area contributed by atoms with Gasteiger partial charge < -0.3 is 10.6 Å². The number of hydrogen-bond acceptors (Lipinski definition) is 4. The highest BCUT2D eigenvalue weighted by Crippen LogP contribution is 2.16. The zero-order chi connectivity index (χ0) is 14.7. The Morgan fingerprint density at radius 3 is 2.42 bits per heavy atom. The van der Waals surface area contributed by atoms with E-state index < -0.39 is 14.6 Å². The fraction of sp³-hybridized carbons (Fsp3) is 0.571. The average Bonchev–Trinajstić information content (AvgIpc) is 2.25. The number of benzene rings is 1. The Hall–Kier alpha value is -1.07. The summed E-state index contributed by atoms with van der Waals surface area (Å²) in [6.07, 6.45) is 0. The lowest BCUT2D eigenvalue weighted by Gasteiger charge is -2.22. The standard InChI is InChI=1S/C14H24N2O2S/c1-14(2,3)19(17,18)9-8-16(4)11-12-6-5-7-13(15)10-12/h5-7,10H,8-9,11,15H2,1-4H3. The van der Waals surface area contributed by atoms with E-state index in [0.717, 1.165) is 11.3 Å². The van der Waals surface area contributed by atoms with Crippen molar-refractivity contribution < 1.29 is 8.42 Å². The third-order valence-electron chi connectivity index (χ3n) is 3.08. The molecule has 0 saturated carbocycles. The van der Waals surface area contributed by atoms with Gasteiger partial charge in [-0.1, -0.05) is 12.1 Å². The van der Waals surface area contributed by atoms with Crippen LogP contribution in [0.5, 0.6) is 0 Å². The van der Waals surface area contributed by atoms with Crippen molar-refractivity contribution >= 4 is 15.5 Å². The molecule has 0 spiro atoms. The minimum absolute atomic E-state index is 0.176. The van der Waals surface area contributed by atoms with Crippen molar-refractivity contribution in [1.29, 1.82) is 0 Å². The molecule has 0 saturated heterocycles. The van der Waals surface area contributed by atoms with Crippen LogP contribution in [-0.2, 0) is 16.4 Å². The molecule has 1 rings (SSSR count). The van der Waals surface area contributed by atoms with E-state index in [0.29, 0.717) is 13.1 Å². The highest BCUT2D eigenvalue weighted by atomic mass is 32.2. The number of nitrogen functional groups attached to an aromatic ring is 1. The van der Waals surface area contributed by atoms with Gasteiger partial charge in [-0.25, -0.2) is 8.42 Å². The van der Waals surface area contributed by atoms with Crippen LogP contribution in [0, 0.1) is 0 Å². The smallest absolute Gasteiger partial charge is 0.156 e. The minimum Gasteiger partial charge on any atom is -0.399 e. The van der Waals surface area contributed by atoms with E-state index in [-0.39, 0.29) is 5.75 Å². The number of sulfone groups is 1. The molecule has 0 atom stereocenters. The van der Waals surface area contributed by atoms with Crippen LogP contribution < -0.4 is 5.73 Å². The molecule has 0 aliphatic carbocycles. The molecule has 19 heavy (non-hydrogen) atoms. The Morgan fingerprint density at radius 1 is 1.26 bits per heavy atom. The van der Waals surface area contributed by atoms with E-state index in [9.17, 15) is 8.42 Å². The average molecular weight is 284 g/mol. The van der Waals surface area contributed by atoms with Crippen molar-refractivity contribution in [3.63, 3.8) is 0 Å². The van der Waals surface area contributed by atoms with Gasteiger partial charge in [0.2, 0.25) is 0 Å². The van der Waals surface area contributed by atoms with Crippen molar-refractivity contribution in [2.45, 2.75) is 32.1 Å². The van der Waals surface area contributed by atoms with Gasteiger partial charge in [0.1, 0.15) is 0 Å². The highest BCUT2D eigenvalue weighted by Gasteiger charge is 2.28. The number of nitrogens with two attached hydrogens (primary N) is 1. The molecule has 0 bridgehead atoms. The molecule has 0 aliphatic rings. The zero-order valence-electron chi connectivity index (χ0n) is 12.2. The largest absolute Gasteiger partial charge is 0.399 e. The second kappa shape index (κ2) is 5.92. The molecule has 0 amide bonds. The molecule has 0 aliphatic heterocycles. The Balaban J connectivity index is 2.56. The molecular weight excluding hydrogens is 260 g/mol. The van der Waals surface area contributed by atoms with Crippen molar-refractivity contribution in [2.24, 2.45) is 0 Å². The van der Waals surface area contributed by atoms with E-state index in [1.165, 1.54) is 0 Å². The summed E-state index contributed by atoms with van der Waals surface area (Å²) < 4.78 is 23.3. The van der Waals surface area contributed by atoms with Crippen molar-refractivity contribution in [2.75, 3.05) is 25.1 Å². The highest BCUT2D eigenvalue weighted by molar-refractivity contribution is 7.92. The molecular formula is C14H24N2O2S. The Kier molecular flexibility index (Phi) is 4.98. The van der Waals surface area contributed by atoms with Gasteiger partial charge in [-0.15, -0.1) is 0 Å². The molecule has 108 valence electrons. The van der Waals surface area contributed by atoms with Crippen LogP contribution in [0.1, 0.15) is 26.3 Å². The van der Waals surface area contributed by atoms with Gasteiger partial charge in [0.25, 0.3) is 0 Å². The van der Waals surface area contributed by atoms with E-state index in [1.807, 2.05) is 36.2 Å². The first-order valence-corrected chi connectivity index (χ1v) is 8.02. The molecule has 0 unspecified atom stereocenters. The topological polar surface area (TPSA) is 63.4 Å². The lowest BCUT2D eigenvalue weighted by molar-refractivity contribution is 0.345. The predicted octanol–water partition coefficient (Wildman–Crippen LogP) is 1.91. The van der Waals surface area contributed by atoms with Crippen LogP contribution in [0.4, 0.5) is 5.69 Å². The Labute approximate surface area is 116 Å². The second-order valence-electron chi connectivity index (χ2n) is 5.91. The van der Waals surface area contributed by atoms with Crippen LogP contribution in [0.25, 0.3) is 0 Å². The zero-order valence-corrected chi connectivity index (χ0v) is 13.0. The van der Waals surface area contributed by atoms with Crippen LogP contribution in [0.15, 0.2) is 24.3 Å². The number of rotatable bonds is 5. The van der Waals surface area contributed by atoms with Crippen molar-refractivity contribution in [3.8, 4) is 0 Å². The predicted molar refractivity (Wildman–Crippen MR) is 80.7 cm³/mol. The minimum atomic E-state index is -3.06. The molecule has 0 aromatic heterocycles. The van der Waals surface area contributed by atoms with Gasteiger partial charge in [0, 0.05) is 18.8 Å². The van der Waals surface area contributed by atoms with E-state index in [4.69, 9.17) is 5.73 Å². The summed E-state index contributed by atoms with van der Waals surface area (Å²) in [6.45, 7) is 6.43. The first kappa shape index (κ1) is 16.0. The Bertz CT molecular complexity index is 518. The fourth-order valence-electron chi connectivity index (χ4n) is 1.66. The molecule has 0 fully saturated rings. The lowest BCUT2D eigenvalue weighted by atomic mass is 10.2. The van der Waals surface area contributed by atoms with Crippen molar-refractivity contribution in [3.05, 3.63) is 29.8 Å². The fourth-order valence-corrected chi connectivity index (χ4v) is 2.83. The van der Waals surface area contributed by atoms with Crippen LogP contribution >= 0.6 is 0 Å². The summed E-state index contributed by atoms with van der Waals surface area (Å²) in [5.74, 6) is 0.176. The Morgan fingerprint density at radius 2 is 1.89 bits per heavy atom. The van der Waals surface area contributed by atoms with Crippen LogP contribution in [0.3, 0.4) is 0 Å². The summed E-state index contributed by atoms with van der Waals surface area (Å²) in [7, 11) is -1.14. The molecule has 0 radical (unpaired) electrons. The van der Waals surface area contributed by atoms with Crippen LogP contribution in [-0.4, -0.2) is 37.4 Å². The molecule has 0 heterocycles.